The van der Waals surface area contributed by atoms with Gasteiger partial charge in [0.1, 0.15) is 0 Å². The van der Waals surface area contributed by atoms with Crippen molar-refractivity contribution in [3.8, 4) is 33.4 Å². The Balaban J connectivity index is 0.832. The number of hydrogen-bond donors (Lipinski definition) is 0. The van der Waals surface area contributed by atoms with Crippen LogP contribution in [0.1, 0.15) is 37.2 Å². The van der Waals surface area contributed by atoms with E-state index in [9.17, 15) is 0 Å². The minimum absolute atomic E-state index is 0.495. The molecule has 2 heterocycles. The molecular weight excluding hydrogens is 757 g/mol. The molecule has 0 amide bonds. The van der Waals surface area contributed by atoms with Crippen LogP contribution in [0.4, 0.5) is 28.4 Å². The second kappa shape index (κ2) is 15.0. The highest BCUT2D eigenvalue weighted by Crippen LogP contribution is 2.53. The average molecular weight is 801 g/mol. The van der Waals surface area contributed by atoms with Crippen molar-refractivity contribution < 1.29 is 0 Å². The van der Waals surface area contributed by atoms with Crippen molar-refractivity contribution in [3.05, 3.63) is 212 Å². The van der Waals surface area contributed by atoms with Gasteiger partial charge in [-0.15, -0.1) is 11.3 Å². The predicted octanol–water partition coefficient (Wildman–Crippen LogP) is 16.9. The summed E-state index contributed by atoms with van der Waals surface area (Å²) in [5, 5.41) is 5.24. The standard InChI is InChI=1S/C58H44N2S/c1-2-13-46(14-3-1)59(48-32-27-42(28-33-48)44-22-21-39-11-4-5-12-43(39)37-44)47-30-23-40(24-31-47)41-25-34-49(35-26-41)60-55-19-8-6-15-51(55)54-38-45(29-36-56(54)60)50-17-10-18-53-52-16-7-9-20-57(52)61-58(50)53/h1-5,7,9-14,16-18,20-38,51,55H,6,8,15,19H2. The van der Waals surface area contributed by atoms with Gasteiger partial charge >= 0.3 is 0 Å². The number of rotatable bonds is 7. The zero-order valence-corrected chi connectivity index (χ0v) is 34.7. The lowest BCUT2D eigenvalue weighted by atomic mass is 9.82. The molecule has 1 aliphatic carbocycles. The van der Waals surface area contributed by atoms with E-state index < -0.39 is 0 Å². The smallest absolute Gasteiger partial charge is 0.0462 e. The molecule has 0 bridgehead atoms. The normalized spacial score (nSPS) is 15.9. The minimum Gasteiger partial charge on any atom is -0.338 e. The van der Waals surface area contributed by atoms with Crippen LogP contribution in [0.5, 0.6) is 0 Å². The average Bonchev–Trinajstić information content (AvgIpc) is 3.88. The Morgan fingerprint density at radius 3 is 1.84 bits per heavy atom. The van der Waals surface area contributed by atoms with Gasteiger partial charge in [0, 0.05) is 60.6 Å². The van der Waals surface area contributed by atoms with Gasteiger partial charge in [-0.05, 0) is 135 Å². The maximum Gasteiger partial charge on any atom is 0.0462 e. The zero-order valence-electron chi connectivity index (χ0n) is 33.9. The number of para-hydroxylation sites is 1. The van der Waals surface area contributed by atoms with Gasteiger partial charge in [0.2, 0.25) is 0 Å². The van der Waals surface area contributed by atoms with E-state index in [0.717, 1.165) is 17.1 Å². The Bertz CT molecular complexity index is 3200. The highest BCUT2D eigenvalue weighted by atomic mass is 32.1. The largest absolute Gasteiger partial charge is 0.338 e. The molecule has 1 fully saturated rings. The molecule has 2 aliphatic rings. The molecule has 9 aromatic carbocycles. The summed E-state index contributed by atoms with van der Waals surface area (Å²) in [6, 6.07) is 76.8. The molecule has 2 unspecified atom stereocenters. The molecule has 0 saturated heterocycles. The van der Waals surface area contributed by atoms with E-state index in [2.05, 4.69) is 216 Å². The maximum atomic E-state index is 2.67. The first-order chi connectivity index (χ1) is 30.2. The van der Waals surface area contributed by atoms with Gasteiger partial charge in [0.25, 0.3) is 0 Å². The maximum absolute atomic E-state index is 2.67. The highest BCUT2D eigenvalue weighted by molar-refractivity contribution is 7.26. The molecule has 10 aromatic rings. The third kappa shape index (κ3) is 6.31. The van der Waals surface area contributed by atoms with E-state index in [1.807, 2.05) is 11.3 Å². The van der Waals surface area contributed by atoms with Crippen molar-refractivity contribution in [2.24, 2.45) is 0 Å². The number of thiophene rings is 1. The lowest BCUT2D eigenvalue weighted by Gasteiger charge is -2.33. The van der Waals surface area contributed by atoms with Gasteiger partial charge in [-0.1, -0.05) is 146 Å². The fraction of sp³-hybridized carbons (Fsp3) is 0.103. The van der Waals surface area contributed by atoms with Gasteiger partial charge in [0.15, 0.2) is 0 Å². The number of anilines is 5. The molecule has 61 heavy (non-hydrogen) atoms. The molecule has 3 heteroatoms. The van der Waals surface area contributed by atoms with E-state index >= 15 is 0 Å². The summed E-state index contributed by atoms with van der Waals surface area (Å²) in [4.78, 5) is 5.01. The van der Waals surface area contributed by atoms with Crippen molar-refractivity contribution in [1.29, 1.82) is 0 Å². The number of benzene rings is 9. The molecule has 0 N–H and O–H groups in total. The van der Waals surface area contributed by atoms with Gasteiger partial charge in [-0.2, -0.15) is 0 Å². The van der Waals surface area contributed by atoms with Gasteiger partial charge in [-0.25, -0.2) is 0 Å². The van der Waals surface area contributed by atoms with Gasteiger partial charge < -0.3 is 9.80 Å². The van der Waals surface area contributed by atoms with Crippen LogP contribution in [-0.2, 0) is 0 Å². The lowest BCUT2D eigenvalue weighted by molar-refractivity contribution is 0.402. The molecule has 0 spiro atoms. The van der Waals surface area contributed by atoms with Crippen LogP contribution >= 0.6 is 11.3 Å². The van der Waals surface area contributed by atoms with Crippen molar-refractivity contribution >= 4 is 70.7 Å². The van der Waals surface area contributed by atoms with Crippen LogP contribution in [0.15, 0.2) is 206 Å². The molecule has 1 aromatic heterocycles. The van der Waals surface area contributed by atoms with Crippen LogP contribution in [0.2, 0.25) is 0 Å². The van der Waals surface area contributed by atoms with Crippen LogP contribution in [-0.4, -0.2) is 6.04 Å². The van der Waals surface area contributed by atoms with Crippen molar-refractivity contribution in [2.45, 2.75) is 37.6 Å². The topological polar surface area (TPSA) is 6.48 Å². The number of nitrogens with zero attached hydrogens (tertiary/aromatic N) is 2. The SMILES string of the molecule is c1ccc(N(c2ccc(-c3ccc(N4c5ccc(-c6cccc7c6sc6ccccc67)cc5C5CCCCC54)cc3)cc2)c2ccc(-c3ccc4ccccc4c3)cc2)cc1. The summed E-state index contributed by atoms with van der Waals surface area (Å²) in [6.07, 6.45) is 5.08. The lowest BCUT2D eigenvalue weighted by Crippen LogP contribution is -2.32. The van der Waals surface area contributed by atoms with Crippen LogP contribution in [0, 0.1) is 0 Å². The Kier molecular flexibility index (Phi) is 8.82. The summed E-state index contributed by atoms with van der Waals surface area (Å²) in [5.74, 6) is 0.556. The fourth-order valence-corrected chi connectivity index (χ4v) is 11.6. The molecule has 0 radical (unpaired) electrons. The predicted molar refractivity (Wildman–Crippen MR) is 261 cm³/mol. The number of hydrogen-bond acceptors (Lipinski definition) is 3. The molecule has 2 nitrogen and oxygen atoms in total. The molecule has 1 aliphatic heterocycles. The Morgan fingerprint density at radius 2 is 1.05 bits per heavy atom. The quantitative estimate of drug-likeness (QED) is 0.158. The first-order valence-corrected chi connectivity index (χ1v) is 22.5. The summed E-state index contributed by atoms with van der Waals surface area (Å²) in [5.41, 5.74) is 15.2. The van der Waals surface area contributed by atoms with Crippen LogP contribution < -0.4 is 9.80 Å². The summed E-state index contributed by atoms with van der Waals surface area (Å²) >= 11 is 1.92. The molecule has 12 rings (SSSR count). The van der Waals surface area contributed by atoms with E-state index in [1.54, 1.807) is 0 Å². The van der Waals surface area contributed by atoms with E-state index in [0.29, 0.717) is 12.0 Å². The third-order valence-electron chi connectivity index (χ3n) is 13.3. The summed E-state index contributed by atoms with van der Waals surface area (Å²) in [7, 11) is 0. The van der Waals surface area contributed by atoms with E-state index in [4.69, 9.17) is 0 Å². The Morgan fingerprint density at radius 1 is 0.443 bits per heavy atom. The molecular formula is C58H44N2S. The summed E-state index contributed by atoms with van der Waals surface area (Å²) < 4.78 is 2.75. The molecule has 2 atom stereocenters. The van der Waals surface area contributed by atoms with Crippen molar-refractivity contribution in [3.63, 3.8) is 0 Å². The molecule has 1 saturated carbocycles. The number of fused-ring (bicyclic) bond motifs is 7. The second-order valence-electron chi connectivity index (χ2n) is 16.8. The zero-order chi connectivity index (χ0) is 40.3. The Labute approximate surface area is 361 Å². The van der Waals surface area contributed by atoms with Crippen molar-refractivity contribution in [2.75, 3.05) is 9.80 Å². The van der Waals surface area contributed by atoms with E-state index in [-0.39, 0.29) is 0 Å². The first-order valence-electron chi connectivity index (χ1n) is 21.7. The van der Waals surface area contributed by atoms with E-state index in [1.165, 1.54) is 107 Å². The molecule has 292 valence electrons. The minimum atomic E-state index is 0.495. The Hall–Kier alpha value is -6.94. The first kappa shape index (κ1) is 36.0. The van der Waals surface area contributed by atoms with Crippen LogP contribution in [0.25, 0.3) is 64.3 Å². The summed E-state index contributed by atoms with van der Waals surface area (Å²) in [6.45, 7) is 0. The monoisotopic (exact) mass is 800 g/mol. The fourth-order valence-electron chi connectivity index (χ4n) is 10.3. The van der Waals surface area contributed by atoms with Gasteiger partial charge in [0.05, 0.1) is 0 Å². The van der Waals surface area contributed by atoms with Crippen molar-refractivity contribution in [1.82, 2.24) is 0 Å². The second-order valence-corrected chi connectivity index (χ2v) is 17.8. The van der Waals surface area contributed by atoms with Gasteiger partial charge in [-0.3, -0.25) is 0 Å². The van der Waals surface area contributed by atoms with Crippen LogP contribution in [0.3, 0.4) is 0 Å². The highest BCUT2D eigenvalue weighted by Gasteiger charge is 2.40. The third-order valence-corrected chi connectivity index (χ3v) is 14.5.